The summed E-state index contributed by atoms with van der Waals surface area (Å²) in [5.74, 6) is -0.919. The van der Waals surface area contributed by atoms with Crippen LogP contribution >= 0.6 is 50.9 Å². The van der Waals surface area contributed by atoms with Crippen molar-refractivity contribution < 1.29 is 55.4 Å². The number of carbonyl (C=O) groups is 2. The molecule has 2 aromatic rings. The number of carbonyl (C=O) groups excluding carboxylic acids is 2. The second-order valence-electron chi connectivity index (χ2n) is 4.93. The van der Waals surface area contributed by atoms with Gasteiger partial charge in [-0.25, -0.2) is 0 Å². The topological polar surface area (TPSA) is 105 Å². The van der Waals surface area contributed by atoms with Crippen LogP contribution in [0.4, 0.5) is 0 Å². The van der Waals surface area contributed by atoms with Crippen LogP contribution in [0.2, 0.25) is 0 Å². The fourth-order valence-electron chi connectivity index (χ4n) is 1.73. The number of hydrogen-bond donors (Lipinski definition) is 2. The second-order valence-corrected chi connectivity index (χ2v) is 6.76. The van der Waals surface area contributed by atoms with Gasteiger partial charge in [-0.2, -0.15) is 48.5 Å². The van der Waals surface area contributed by atoms with E-state index in [1.54, 1.807) is 36.4 Å². The van der Waals surface area contributed by atoms with Gasteiger partial charge in [0, 0.05) is 0 Å². The molecule has 0 aliphatic rings. The fraction of sp³-hybridized carbons (Fsp3) is 0.222. The van der Waals surface area contributed by atoms with Gasteiger partial charge >= 0.3 is 67.4 Å². The quantitative estimate of drug-likeness (QED) is 0.275. The summed E-state index contributed by atoms with van der Waals surface area (Å²) in [6.45, 7) is 0. The first-order chi connectivity index (χ1) is 14.3. The van der Waals surface area contributed by atoms with Crippen molar-refractivity contribution in [2.45, 2.75) is 12.1 Å². The van der Waals surface area contributed by atoms with Crippen LogP contribution in [0.15, 0.2) is 45.3 Å². The van der Waals surface area contributed by atoms with Crippen molar-refractivity contribution in [1.82, 2.24) is 0 Å². The molecule has 30 heavy (non-hydrogen) atoms. The summed E-state index contributed by atoms with van der Waals surface area (Å²) in [7, 11) is 11.6. The molecule has 2 unspecified atom stereocenters. The molecule has 0 saturated heterocycles. The summed E-state index contributed by atoms with van der Waals surface area (Å²) in [5.41, 5.74) is 12.4. The number of benzene rings is 2. The van der Waals surface area contributed by atoms with E-state index < -0.39 is 24.0 Å². The normalized spacial score (nSPS) is 11.1. The van der Waals surface area contributed by atoms with E-state index >= 15 is 0 Å². The fourth-order valence-corrected chi connectivity index (χ4v) is 2.22. The van der Waals surface area contributed by atoms with E-state index in [4.69, 9.17) is 11.5 Å². The summed E-state index contributed by atoms with van der Waals surface area (Å²) in [6.07, 6.45) is 0. The Labute approximate surface area is 222 Å². The Morgan fingerprint density at radius 1 is 0.833 bits per heavy atom. The first-order valence-electron chi connectivity index (χ1n) is 7.55. The first-order valence-corrected chi connectivity index (χ1v) is 13.1. The van der Waals surface area contributed by atoms with Crippen LogP contribution in [-0.2, 0) is 55.4 Å². The summed E-state index contributed by atoms with van der Waals surface area (Å²) in [4.78, 5) is 22.0. The maximum absolute atomic E-state index is 11.0. The molecule has 0 aromatic heterocycles. The van der Waals surface area contributed by atoms with Crippen molar-refractivity contribution in [1.29, 1.82) is 0 Å². The van der Waals surface area contributed by atoms with Gasteiger partial charge in [0.1, 0.15) is 12.1 Å². The van der Waals surface area contributed by atoms with Gasteiger partial charge in [0.2, 0.25) is 0 Å². The molecule has 0 heterocycles. The Kier molecular flexibility index (Phi) is 21.4. The zero-order valence-electron chi connectivity index (χ0n) is 15.6. The monoisotopic (exact) mass is 766 g/mol. The van der Waals surface area contributed by atoms with Gasteiger partial charge in [-0.1, -0.05) is 8.95 Å². The van der Waals surface area contributed by atoms with Gasteiger partial charge in [0.25, 0.3) is 0 Å². The number of rotatable bonds is 4. The van der Waals surface area contributed by atoms with Crippen LogP contribution in [0, 0.1) is 12.1 Å². The average Bonchev–Trinajstić information content (AvgIpc) is 2.81. The molecule has 172 valence electrons. The molecule has 0 bridgehead atoms. The number of methoxy groups -OCH3 is 2. The van der Waals surface area contributed by atoms with Crippen molar-refractivity contribution in [2.75, 3.05) is 14.2 Å². The first kappa shape index (κ1) is 32.3. The predicted octanol–water partition coefficient (Wildman–Crippen LogP) is 4.22. The summed E-state index contributed by atoms with van der Waals surface area (Å²) >= 11 is 11.0. The van der Waals surface area contributed by atoms with Crippen LogP contribution in [0.3, 0.4) is 0 Å². The van der Waals surface area contributed by atoms with Crippen molar-refractivity contribution in [3.63, 3.8) is 0 Å². The number of halogens is 4. The summed E-state index contributed by atoms with van der Waals surface area (Å²) in [5, 5.41) is 0. The van der Waals surface area contributed by atoms with Gasteiger partial charge in [0.15, 0.2) is 0 Å². The molecule has 0 amide bonds. The molecule has 0 saturated carbocycles. The molecular weight excluding hydrogens is 752 g/mol. The van der Waals surface area contributed by atoms with Crippen LogP contribution in [-0.4, -0.2) is 26.2 Å². The van der Waals surface area contributed by atoms with Gasteiger partial charge in [-0.3, -0.25) is 9.59 Å². The van der Waals surface area contributed by atoms with E-state index in [2.05, 4.69) is 109 Å². The Hall–Kier alpha value is 0.165. The third-order valence-electron chi connectivity index (χ3n) is 3.18. The zero-order chi connectivity index (χ0) is 23.7. The minimum absolute atomic E-state index is 0.460. The molecule has 0 fully saturated rings. The second kappa shape index (κ2) is 19.8. The van der Waals surface area contributed by atoms with Gasteiger partial charge < -0.3 is 20.9 Å². The van der Waals surface area contributed by atoms with Crippen LogP contribution in [0.1, 0.15) is 23.2 Å². The summed E-state index contributed by atoms with van der Waals surface area (Å²) < 4.78 is 10.8. The Bertz CT molecular complexity index is 678. The number of hydrogen-bond acceptors (Lipinski definition) is 6. The molecule has 0 spiro atoms. The third-order valence-corrected chi connectivity index (χ3v) is 4.16. The van der Waals surface area contributed by atoms with Crippen LogP contribution in [0.25, 0.3) is 0 Å². The third kappa shape index (κ3) is 12.9. The maximum atomic E-state index is 11.0. The summed E-state index contributed by atoms with van der Waals surface area (Å²) in [6, 6.07) is 14.7. The zero-order valence-corrected chi connectivity index (χ0v) is 23.3. The van der Waals surface area contributed by atoms with Gasteiger partial charge in [-0.15, -0.1) is 43.0 Å². The van der Waals surface area contributed by atoms with E-state index in [1.165, 1.54) is 14.2 Å². The number of ether oxygens (including phenoxy) is 2. The molecule has 0 aliphatic heterocycles. The molecule has 12 heteroatoms. The SMILES string of the molecule is COC(=O)C(N)c1[c-]cc(Br)cc1.COC(=O)C(N)c1[c-]cc(Br)cc1.[Cl][Pd+].[Cl][Pd+]. The molecule has 6 nitrogen and oxygen atoms in total. The minimum atomic E-state index is -0.752. The van der Waals surface area contributed by atoms with Crippen LogP contribution in [0.5, 0.6) is 0 Å². The Morgan fingerprint density at radius 3 is 1.33 bits per heavy atom. The van der Waals surface area contributed by atoms with Crippen LogP contribution < -0.4 is 11.5 Å². The number of nitrogens with two attached hydrogens (primary N) is 2. The molecule has 2 rings (SSSR count). The Morgan fingerprint density at radius 2 is 1.13 bits per heavy atom. The number of esters is 2. The van der Waals surface area contributed by atoms with Gasteiger partial charge in [-0.05, 0) is 0 Å². The van der Waals surface area contributed by atoms with Gasteiger partial charge in [0.05, 0.1) is 14.2 Å². The molecular formula is C18H18Br2Cl2N2O4Pd2. The van der Waals surface area contributed by atoms with Crippen molar-refractivity contribution in [2.24, 2.45) is 11.5 Å². The van der Waals surface area contributed by atoms with Crippen molar-refractivity contribution in [3.8, 4) is 0 Å². The van der Waals surface area contributed by atoms with Crippen molar-refractivity contribution >= 4 is 62.9 Å². The molecule has 2 atom stereocenters. The van der Waals surface area contributed by atoms with E-state index in [9.17, 15) is 9.59 Å². The van der Waals surface area contributed by atoms with E-state index in [-0.39, 0.29) is 0 Å². The average molecular weight is 770 g/mol. The predicted molar refractivity (Wildman–Crippen MR) is 116 cm³/mol. The molecule has 4 N–H and O–H groups in total. The Balaban J connectivity index is 0. The molecule has 0 aliphatic carbocycles. The van der Waals surface area contributed by atoms with E-state index in [1.807, 2.05) is 0 Å². The standard InChI is InChI=1S/2C9H9BrNO2.2ClH.2Pd/c2*1-13-9(12)8(11)6-2-4-7(10)5-3-6;;;;/h2*2,4-5,8H,11H2,1H3;2*1H;;/q2*-1;;;2*+2/p-2. The van der Waals surface area contributed by atoms with E-state index in [0.29, 0.717) is 11.1 Å². The molecule has 0 radical (unpaired) electrons. The molecule has 2 aromatic carbocycles. The van der Waals surface area contributed by atoms with E-state index in [0.717, 1.165) is 8.95 Å². The van der Waals surface area contributed by atoms with Crippen molar-refractivity contribution in [3.05, 3.63) is 68.6 Å².